The van der Waals surface area contributed by atoms with Gasteiger partial charge in [-0.15, -0.1) is 6.58 Å². The fourth-order valence-corrected chi connectivity index (χ4v) is 4.47. The summed E-state index contributed by atoms with van der Waals surface area (Å²) in [6, 6.07) is 4.50. The van der Waals surface area contributed by atoms with Crippen molar-refractivity contribution in [2.24, 2.45) is 0 Å². The number of benzene rings is 1. The van der Waals surface area contributed by atoms with E-state index in [-0.39, 0.29) is 24.8 Å². The van der Waals surface area contributed by atoms with Crippen LogP contribution < -0.4 is 10.6 Å². The van der Waals surface area contributed by atoms with Gasteiger partial charge in [-0.25, -0.2) is 18.8 Å². The first-order valence-electron chi connectivity index (χ1n) is 12.5. The molecule has 1 aromatic rings. The zero-order chi connectivity index (χ0) is 26.1. The predicted molar refractivity (Wildman–Crippen MR) is 135 cm³/mol. The lowest BCUT2D eigenvalue weighted by Crippen LogP contribution is -2.51. The summed E-state index contributed by atoms with van der Waals surface area (Å²) < 4.78 is 19.5. The molecule has 2 aliphatic heterocycles. The SMILES string of the molecule is C=CCN1C(=O)N[C@@H](c2cccc(F)c2)C(C(=O)OCC)=C1CN1CCCN(C(=O)NCCC)CC1. The highest BCUT2D eigenvalue weighted by Crippen LogP contribution is 2.32. The average Bonchev–Trinajstić information content (AvgIpc) is 3.10. The maximum Gasteiger partial charge on any atom is 0.338 e. The summed E-state index contributed by atoms with van der Waals surface area (Å²) in [5.74, 6) is -1.03. The molecule has 0 saturated carbocycles. The number of esters is 1. The van der Waals surface area contributed by atoms with E-state index in [4.69, 9.17) is 4.74 Å². The molecule has 196 valence electrons. The van der Waals surface area contributed by atoms with Crippen molar-refractivity contribution >= 4 is 18.0 Å². The van der Waals surface area contributed by atoms with E-state index >= 15 is 0 Å². The minimum absolute atomic E-state index is 0.0818. The molecule has 0 spiro atoms. The highest BCUT2D eigenvalue weighted by Gasteiger charge is 2.38. The van der Waals surface area contributed by atoms with E-state index in [0.29, 0.717) is 50.5 Å². The van der Waals surface area contributed by atoms with E-state index in [0.717, 1.165) is 12.8 Å². The number of carbonyl (C=O) groups is 3. The van der Waals surface area contributed by atoms with Crippen LogP contribution in [0.3, 0.4) is 0 Å². The summed E-state index contributed by atoms with van der Waals surface area (Å²) in [7, 11) is 0. The zero-order valence-corrected chi connectivity index (χ0v) is 21.1. The minimum atomic E-state index is -0.855. The van der Waals surface area contributed by atoms with Crippen LogP contribution in [0, 0.1) is 5.82 Å². The molecule has 2 aliphatic rings. The smallest absolute Gasteiger partial charge is 0.338 e. The van der Waals surface area contributed by atoms with Crippen LogP contribution in [-0.4, -0.2) is 85.2 Å². The van der Waals surface area contributed by atoms with Gasteiger partial charge in [0.15, 0.2) is 0 Å². The van der Waals surface area contributed by atoms with Gasteiger partial charge in [0.25, 0.3) is 0 Å². The molecule has 1 saturated heterocycles. The van der Waals surface area contributed by atoms with Gasteiger partial charge in [0.05, 0.1) is 18.2 Å². The molecule has 2 N–H and O–H groups in total. The molecule has 9 nitrogen and oxygen atoms in total. The molecule has 0 bridgehead atoms. The number of hydrogen-bond donors (Lipinski definition) is 2. The molecular weight excluding hydrogens is 465 g/mol. The Hall–Kier alpha value is -3.40. The van der Waals surface area contributed by atoms with Crippen LogP contribution in [0.2, 0.25) is 0 Å². The first-order valence-corrected chi connectivity index (χ1v) is 12.5. The third kappa shape index (κ3) is 6.63. The Balaban J connectivity index is 1.95. The second-order valence-electron chi connectivity index (χ2n) is 8.77. The largest absolute Gasteiger partial charge is 0.463 e. The van der Waals surface area contributed by atoms with Crippen molar-refractivity contribution in [1.29, 1.82) is 0 Å². The molecular formula is C26H36FN5O4. The van der Waals surface area contributed by atoms with E-state index in [1.807, 2.05) is 6.92 Å². The van der Waals surface area contributed by atoms with Gasteiger partial charge in [-0.05, 0) is 37.5 Å². The number of carbonyl (C=O) groups excluding carboxylic acids is 3. The summed E-state index contributed by atoms with van der Waals surface area (Å²) in [5.41, 5.74) is 1.22. The van der Waals surface area contributed by atoms with Crippen LogP contribution in [0.25, 0.3) is 0 Å². The number of amides is 4. The fourth-order valence-electron chi connectivity index (χ4n) is 4.47. The van der Waals surface area contributed by atoms with Crippen LogP contribution in [-0.2, 0) is 9.53 Å². The van der Waals surface area contributed by atoms with Crippen molar-refractivity contribution in [1.82, 2.24) is 25.3 Å². The number of urea groups is 2. The molecule has 3 rings (SSSR count). The highest BCUT2D eigenvalue weighted by molar-refractivity contribution is 5.95. The number of hydrogen-bond acceptors (Lipinski definition) is 5. The van der Waals surface area contributed by atoms with Crippen LogP contribution in [0.1, 0.15) is 38.3 Å². The first-order chi connectivity index (χ1) is 17.4. The fraction of sp³-hybridized carbons (Fsp3) is 0.500. The second kappa shape index (κ2) is 13.1. The molecule has 10 heteroatoms. The Kier molecular flexibility index (Phi) is 9.86. The van der Waals surface area contributed by atoms with Gasteiger partial charge in [0.2, 0.25) is 0 Å². The van der Waals surface area contributed by atoms with Gasteiger partial charge >= 0.3 is 18.0 Å². The van der Waals surface area contributed by atoms with Crippen LogP contribution >= 0.6 is 0 Å². The van der Waals surface area contributed by atoms with E-state index in [1.165, 1.54) is 17.0 Å². The molecule has 0 aliphatic carbocycles. The minimum Gasteiger partial charge on any atom is -0.463 e. The van der Waals surface area contributed by atoms with Crippen molar-refractivity contribution < 1.29 is 23.5 Å². The first kappa shape index (κ1) is 27.2. The summed E-state index contributed by atoms with van der Waals surface area (Å²) in [6.07, 6.45) is 3.21. The molecule has 4 amide bonds. The highest BCUT2D eigenvalue weighted by atomic mass is 19.1. The van der Waals surface area contributed by atoms with Gasteiger partial charge in [-0.2, -0.15) is 0 Å². The van der Waals surface area contributed by atoms with Crippen molar-refractivity contribution in [3.8, 4) is 0 Å². The van der Waals surface area contributed by atoms with Crippen LogP contribution in [0.15, 0.2) is 48.2 Å². The summed E-state index contributed by atoms with van der Waals surface area (Å²) in [4.78, 5) is 44.2. The summed E-state index contributed by atoms with van der Waals surface area (Å²) in [6.45, 7) is 11.2. The van der Waals surface area contributed by atoms with Crippen molar-refractivity contribution in [2.75, 3.05) is 52.4 Å². The molecule has 0 radical (unpaired) electrons. The normalized spacial score (nSPS) is 19.0. The van der Waals surface area contributed by atoms with Crippen molar-refractivity contribution in [3.05, 3.63) is 59.6 Å². The Bertz CT molecular complexity index is 998. The monoisotopic (exact) mass is 501 g/mol. The lowest BCUT2D eigenvalue weighted by atomic mass is 9.94. The summed E-state index contributed by atoms with van der Waals surface area (Å²) in [5, 5.41) is 5.75. The van der Waals surface area contributed by atoms with Gasteiger partial charge in [-0.3, -0.25) is 9.80 Å². The summed E-state index contributed by atoms with van der Waals surface area (Å²) >= 11 is 0. The third-order valence-electron chi connectivity index (χ3n) is 6.20. The standard InChI is InChI=1S/C26H36FN5O4/c1-4-11-28-25(34)31-14-8-13-30(15-16-31)18-21-22(24(33)36-6-3)23(19-9-7-10-20(27)17-19)29-26(35)32(21)12-5-2/h5,7,9-10,17,23H,2,4,6,8,11-16,18H2,1,3H3,(H,28,34)(H,29,35)/t23-/m0/s1. The Labute approximate surface area is 211 Å². The Morgan fingerprint density at radius 2 is 2.06 bits per heavy atom. The number of nitrogens with zero attached hydrogens (tertiary/aromatic N) is 3. The maximum absolute atomic E-state index is 14.1. The molecule has 1 fully saturated rings. The van der Waals surface area contributed by atoms with E-state index in [9.17, 15) is 18.8 Å². The quantitative estimate of drug-likeness (QED) is 0.401. The predicted octanol–water partition coefficient (Wildman–Crippen LogP) is 3.02. The molecule has 0 unspecified atom stereocenters. The Morgan fingerprint density at radius 1 is 1.25 bits per heavy atom. The van der Waals surface area contributed by atoms with E-state index < -0.39 is 23.9 Å². The maximum atomic E-state index is 14.1. The van der Waals surface area contributed by atoms with E-state index in [1.54, 1.807) is 30.0 Å². The van der Waals surface area contributed by atoms with Gasteiger partial charge in [0, 0.05) is 51.5 Å². The molecule has 36 heavy (non-hydrogen) atoms. The number of ether oxygens (including phenoxy) is 1. The second-order valence-corrected chi connectivity index (χ2v) is 8.77. The number of rotatable bonds is 9. The van der Waals surface area contributed by atoms with Gasteiger partial charge in [-0.1, -0.05) is 25.1 Å². The molecule has 0 aromatic heterocycles. The van der Waals surface area contributed by atoms with Crippen molar-refractivity contribution in [3.63, 3.8) is 0 Å². The average molecular weight is 502 g/mol. The number of nitrogens with one attached hydrogen (secondary N) is 2. The Morgan fingerprint density at radius 3 is 2.75 bits per heavy atom. The lowest BCUT2D eigenvalue weighted by Gasteiger charge is -2.38. The lowest BCUT2D eigenvalue weighted by molar-refractivity contribution is -0.139. The topological polar surface area (TPSA) is 94.2 Å². The zero-order valence-electron chi connectivity index (χ0n) is 21.1. The van der Waals surface area contributed by atoms with E-state index in [2.05, 4.69) is 22.1 Å². The van der Waals surface area contributed by atoms with Crippen LogP contribution in [0.5, 0.6) is 0 Å². The molecule has 1 atom stereocenters. The molecule has 1 aromatic carbocycles. The van der Waals surface area contributed by atoms with Crippen LogP contribution in [0.4, 0.5) is 14.0 Å². The third-order valence-corrected chi connectivity index (χ3v) is 6.20. The number of halogens is 1. The van der Waals surface area contributed by atoms with Gasteiger partial charge in [0.1, 0.15) is 5.82 Å². The van der Waals surface area contributed by atoms with Crippen molar-refractivity contribution in [2.45, 2.75) is 32.7 Å². The molecule has 2 heterocycles. The van der Waals surface area contributed by atoms with Gasteiger partial charge < -0.3 is 20.3 Å².